The van der Waals surface area contributed by atoms with Crippen LogP contribution in [0, 0.1) is 0 Å². The van der Waals surface area contributed by atoms with Gasteiger partial charge < -0.3 is 10.5 Å². The molecule has 0 unspecified atom stereocenters. The molecule has 0 aliphatic carbocycles. The van der Waals surface area contributed by atoms with E-state index in [0.29, 0.717) is 10.6 Å². The van der Waals surface area contributed by atoms with Crippen molar-refractivity contribution in [1.29, 1.82) is 0 Å². The first kappa shape index (κ1) is 12.9. The number of carbonyl (C=O) groups is 1. The monoisotopic (exact) mass is 280 g/mol. The molecule has 2 rings (SSSR count). The molecule has 18 heavy (non-hydrogen) atoms. The van der Waals surface area contributed by atoms with Crippen molar-refractivity contribution in [2.24, 2.45) is 0 Å². The molecule has 0 saturated heterocycles. The van der Waals surface area contributed by atoms with Crippen molar-refractivity contribution in [2.75, 3.05) is 12.8 Å². The van der Waals surface area contributed by atoms with Crippen LogP contribution >= 0.6 is 23.1 Å². The van der Waals surface area contributed by atoms with Crippen molar-refractivity contribution in [1.82, 2.24) is 4.98 Å². The summed E-state index contributed by atoms with van der Waals surface area (Å²) in [4.78, 5) is 17.6. The molecule has 0 amide bonds. The summed E-state index contributed by atoms with van der Waals surface area (Å²) >= 11 is 3.10. The van der Waals surface area contributed by atoms with Gasteiger partial charge in [0, 0.05) is 27.9 Å². The topological polar surface area (TPSA) is 65.2 Å². The number of nitrogen functional groups attached to an aromatic ring is 1. The number of pyridine rings is 1. The van der Waals surface area contributed by atoms with Crippen LogP contribution in [0.4, 0.5) is 5.00 Å². The van der Waals surface area contributed by atoms with Crippen LogP contribution < -0.4 is 5.73 Å². The third kappa shape index (κ3) is 3.02. The number of carbonyl (C=O) groups excluding carboxylic acids is 1. The van der Waals surface area contributed by atoms with E-state index in [1.54, 1.807) is 30.2 Å². The maximum absolute atomic E-state index is 11.4. The van der Waals surface area contributed by atoms with Crippen molar-refractivity contribution in [3.63, 3.8) is 0 Å². The number of hydrogen-bond donors (Lipinski definition) is 1. The van der Waals surface area contributed by atoms with E-state index in [9.17, 15) is 4.79 Å². The number of nitrogens with zero attached hydrogens (tertiary/aromatic N) is 1. The first-order chi connectivity index (χ1) is 8.70. The Kier molecular flexibility index (Phi) is 4.22. The molecule has 4 nitrogen and oxygen atoms in total. The number of aromatic nitrogens is 1. The number of anilines is 1. The summed E-state index contributed by atoms with van der Waals surface area (Å²) in [5.74, 6) is 0.388. The molecule has 2 heterocycles. The summed E-state index contributed by atoms with van der Waals surface area (Å²) in [6.07, 6.45) is 3.51. The number of methoxy groups -OCH3 is 1. The minimum atomic E-state index is -0.385. The lowest BCUT2D eigenvalue weighted by Crippen LogP contribution is -2.01. The van der Waals surface area contributed by atoms with Gasteiger partial charge in [0.2, 0.25) is 0 Å². The molecular formula is C12H12N2O2S2. The molecule has 2 aromatic heterocycles. The van der Waals surface area contributed by atoms with Gasteiger partial charge in [-0.1, -0.05) is 0 Å². The number of nitrogens with two attached hydrogens (primary N) is 1. The first-order valence-corrected chi connectivity index (χ1v) is 7.00. The highest BCUT2D eigenvalue weighted by atomic mass is 32.2. The van der Waals surface area contributed by atoms with Crippen LogP contribution in [0.15, 0.2) is 35.5 Å². The van der Waals surface area contributed by atoms with Crippen molar-refractivity contribution in [3.8, 4) is 0 Å². The smallest absolute Gasteiger partial charge is 0.340 e. The van der Waals surface area contributed by atoms with Crippen LogP contribution in [-0.2, 0) is 10.5 Å². The Morgan fingerprint density at radius 2 is 2.22 bits per heavy atom. The molecule has 94 valence electrons. The molecule has 0 fully saturated rings. The molecule has 0 aliphatic rings. The van der Waals surface area contributed by atoms with E-state index in [2.05, 4.69) is 9.72 Å². The van der Waals surface area contributed by atoms with E-state index in [1.165, 1.54) is 18.4 Å². The lowest BCUT2D eigenvalue weighted by molar-refractivity contribution is 0.0602. The van der Waals surface area contributed by atoms with Gasteiger partial charge in [-0.25, -0.2) is 4.79 Å². The van der Waals surface area contributed by atoms with Gasteiger partial charge in [-0.05, 0) is 18.2 Å². The van der Waals surface area contributed by atoms with Gasteiger partial charge in [0.1, 0.15) is 5.00 Å². The van der Waals surface area contributed by atoms with Crippen LogP contribution in [0.5, 0.6) is 0 Å². The predicted molar refractivity (Wildman–Crippen MR) is 73.9 cm³/mol. The Morgan fingerprint density at radius 3 is 2.89 bits per heavy atom. The number of ether oxygens (including phenoxy) is 1. The van der Waals surface area contributed by atoms with Gasteiger partial charge in [0.25, 0.3) is 0 Å². The lowest BCUT2D eigenvalue weighted by Gasteiger charge is -1.97. The van der Waals surface area contributed by atoms with Crippen LogP contribution in [0.1, 0.15) is 15.2 Å². The average molecular weight is 280 g/mol. The second-order valence-electron chi connectivity index (χ2n) is 3.45. The zero-order valence-electron chi connectivity index (χ0n) is 9.75. The first-order valence-electron chi connectivity index (χ1n) is 5.20. The molecule has 0 atom stereocenters. The molecule has 0 spiro atoms. The van der Waals surface area contributed by atoms with E-state index < -0.39 is 0 Å². The van der Waals surface area contributed by atoms with Crippen LogP contribution in [0.25, 0.3) is 0 Å². The Labute approximate surface area is 113 Å². The lowest BCUT2D eigenvalue weighted by atomic mass is 10.3. The van der Waals surface area contributed by atoms with Crippen molar-refractivity contribution in [2.45, 2.75) is 10.6 Å². The molecule has 0 aromatic carbocycles. The summed E-state index contributed by atoms with van der Waals surface area (Å²) in [7, 11) is 1.35. The summed E-state index contributed by atoms with van der Waals surface area (Å²) in [6.45, 7) is 0. The highest BCUT2D eigenvalue weighted by molar-refractivity contribution is 7.98. The van der Waals surface area contributed by atoms with Crippen molar-refractivity contribution in [3.05, 3.63) is 41.0 Å². The Morgan fingerprint density at radius 1 is 1.50 bits per heavy atom. The number of thiophene rings is 1. The second-order valence-corrected chi connectivity index (χ2v) is 5.67. The number of esters is 1. The van der Waals surface area contributed by atoms with Gasteiger partial charge >= 0.3 is 5.97 Å². The van der Waals surface area contributed by atoms with E-state index >= 15 is 0 Å². The number of rotatable bonds is 4. The van der Waals surface area contributed by atoms with Gasteiger partial charge in [-0.3, -0.25) is 4.98 Å². The summed E-state index contributed by atoms with van der Waals surface area (Å²) in [5.41, 5.74) is 6.24. The van der Waals surface area contributed by atoms with E-state index in [-0.39, 0.29) is 5.97 Å². The van der Waals surface area contributed by atoms with Crippen LogP contribution in [-0.4, -0.2) is 18.1 Å². The van der Waals surface area contributed by atoms with Gasteiger partial charge in [-0.2, -0.15) is 0 Å². The maximum atomic E-state index is 11.4. The molecule has 6 heteroatoms. The highest BCUT2D eigenvalue weighted by Crippen LogP contribution is 2.31. The van der Waals surface area contributed by atoms with Crippen molar-refractivity contribution < 1.29 is 9.53 Å². The molecule has 2 aromatic rings. The zero-order valence-corrected chi connectivity index (χ0v) is 11.4. The highest BCUT2D eigenvalue weighted by Gasteiger charge is 2.14. The van der Waals surface area contributed by atoms with Gasteiger partial charge in [-0.15, -0.1) is 23.1 Å². The molecule has 0 radical (unpaired) electrons. The number of hydrogen-bond acceptors (Lipinski definition) is 6. The zero-order chi connectivity index (χ0) is 13.0. The molecule has 0 saturated carbocycles. The SMILES string of the molecule is COC(=O)c1cc(CSc2ccncc2)sc1N. The minimum absolute atomic E-state index is 0.385. The van der Waals surface area contributed by atoms with Gasteiger partial charge in [0.15, 0.2) is 0 Å². The van der Waals surface area contributed by atoms with Crippen LogP contribution in [0.2, 0.25) is 0 Å². The quantitative estimate of drug-likeness (QED) is 0.689. The number of thioether (sulfide) groups is 1. The fourth-order valence-electron chi connectivity index (χ4n) is 1.39. The summed E-state index contributed by atoms with van der Waals surface area (Å²) in [5, 5.41) is 0.507. The largest absolute Gasteiger partial charge is 0.465 e. The van der Waals surface area contributed by atoms with E-state index in [0.717, 1.165) is 15.5 Å². The molecular weight excluding hydrogens is 268 g/mol. The molecule has 0 aliphatic heterocycles. The Hall–Kier alpha value is -1.53. The van der Waals surface area contributed by atoms with Crippen LogP contribution in [0.3, 0.4) is 0 Å². The van der Waals surface area contributed by atoms with Crippen molar-refractivity contribution >= 4 is 34.1 Å². The third-order valence-electron chi connectivity index (χ3n) is 2.25. The fraction of sp³-hybridized carbons (Fsp3) is 0.167. The van der Waals surface area contributed by atoms with Gasteiger partial charge in [0.05, 0.1) is 12.7 Å². The Balaban J connectivity index is 2.05. The standard InChI is InChI=1S/C12H12N2O2S2/c1-16-12(15)10-6-9(18-11(10)13)7-17-8-2-4-14-5-3-8/h2-6H,7,13H2,1H3. The second kappa shape index (κ2) is 5.88. The normalized spacial score (nSPS) is 10.3. The molecule has 2 N–H and O–H groups in total. The predicted octanol–water partition coefficient (Wildman–Crippen LogP) is 2.80. The third-order valence-corrected chi connectivity index (χ3v) is 4.46. The summed E-state index contributed by atoms with van der Waals surface area (Å²) < 4.78 is 4.67. The van der Waals surface area contributed by atoms with E-state index in [4.69, 9.17) is 5.73 Å². The maximum Gasteiger partial charge on any atom is 0.340 e. The Bertz CT molecular complexity index is 540. The molecule has 0 bridgehead atoms. The fourth-order valence-corrected chi connectivity index (χ4v) is 3.22. The minimum Gasteiger partial charge on any atom is -0.465 e. The summed E-state index contributed by atoms with van der Waals surface area (Å²) in [6, 6.07) is 5.69. The average Bonchev–Trinajstić information content (AvgIpc) is 2.78. The van der Waals surface area contributed by atoms with E-state index in [1.807, 2.05) is 12.1 Å².